The minimum Gasteiger partial charge on any atom is -0.478 e. The fraction of sp³-hybridized carbons (Fsp3) is 0.320. The quantitative estimate of drug-likeness (QED) is 0.482. The molecule has 0 aliphatic carbocycles. The second kappa shape index (κ2) is 9.10. The van der Waals surface area contributed by atoms with Gasteiger partial charge in [-0.15, -0.1) is 0 Å². The van der Waals surface area contributed by atoms with Gasteiger partial charge in [0.2, 0.25) is 0 Å². The number of carboxylic acids is 1. The zero-order chi connectivity index (χ0) is 20.9. The zero-order valence-corrected chi connectivity index (χ0v) is 17.3. The Balaban J connectivity index is 1.49. The Morgan fingerprint density at radius 2 is 1.72 bits per heavy atom. The second-order valence-electron chi connectivity index (χ2n) is 7.91. The van der Waals surface area contributed by atoms with Crippen LogP contribution in [0.4, 0.5) is 0 Å². The lowest BCUT2D eigenvalue weighted by atomic mass is 9.99. The van der Waals surface area contributed by atoms with E-state index in [0.29, 0.717) is 5.75 Å². The third kappa shape index (κ3) is 5.36. The SMILES string of the molecule is C[C@@H](NCCCc1ccc(OC(C)(C)C(=O)O)cc1)c1cccc2ccccc12. The standard InChI is InChI=1S/C25H29NO3/c1-18(22-12-6-10-20-9-4-5-11-23(20)22)26-17-7-8-19-13-15-21(16-14-19)29-25(2,3)24(27)28/h4-6,9-16,18,26H,7-8,17H2,1-3H3,(H,27,28)/t18-/m1/s1. The topological polar surface area (TPSA) is 58.6 Å². The molecule has 0 aliphatic heterocycles. The molecule has 4 heteroatoms. The van der Waals surface area contributed by atoms with Crippen molar-refractivity contribution in [2.24, 2.45) is 0 Å². The minimum absolute atomic E-state index is 0.287. The van der Waals surface area contributed by atoms with Gasteiger partial charge in [0.1, 0.15) is 5.75 Å². The molecular formula is C25H29NO3. The van der Waals surface area contributed by atoms with Crippen molar-refractivity contribution in [1.82, 2.24) is 5.32 Å². The summed E-state index contributed by atoms with van der Waals surface area (Å²) in [4.78, 5) is 11.2. The number of rotatable bonds is 9. The fourth-order valence-electron chi connectivity index (χ4n) is 3.41. The van der Waals surface area contributed by atoms with Crippen LogP contribution >= 0.6 is 0 Å². The van der Waals surface area contributed by atoms with E-state index in [1.54, 1.807) is 13.8 Å². The van der Waals surface area contributed by atoms with Gasteiger partial charge in [0, 0.05) is 6.04 Å². The molecule has 152 valence electrons. The fourth-order valence-corrected chi connectivity index (χ4v) is 3.41. The van der Waals surface area contributed by atoms with E-state index in [0.717, 1.165) is 19.4 Å². The molecule has 0 fully saturated rings. The van der Waals surface area contributed by atoms with Crippen molar-refractivity contribution < 1.29 is 14.6 Å². The number of ether oxygens (including phenoxy) is 1. The number of hydrogen-bond donors (Lipinski definition) is 2. The molecule has 3 aromatic carbocycles. The molecule has 29 heavy (non-hydrogen) atoms. The molecule has 0 aliphatic rings. The van der Waals surface area contributed by atoms with E-state index < -0.39 is 11.6 Å². The molecule has 0 bridgehead atoms. The third-order valence-corrected chi connectivity index (χ3v) is 5.19. The van der Waals surface area contributed by atoms with Gasteiger partial charge in [0.25, 0.3) is 0 Å². The van der Waals surface area contributed by atoms with Crippen LogP contribution in [0.5, 0.6) is 5.75 Å². The minimum atomic E-state index is -1.23. The summed E-state index contributed by atoms with van der Waals surface area (Å²) in [6.07, 6.45) is 1.98. The molecule has 0 radical (unpaired) electrons. The molecule has 0 heterocycles. The summed E-state index contributed by atoms with van der Waals surface area (Å²) in [5.74, 6) is -0.406. The normalized spacial score (nSPS) is 12.7. The summed E-state index contributed by atoms with van der Waals surface area (Å²) in [7, 11) is 0. The maximum atomic E-state index is 11.2. The first-order valence-electron chi connectivity index (χ1n) is 10.1. The number of aliphatic carboxylic acids is 1. The van der Waals surface area contributed by atoms with Crippen molar-refractivity contribution in [3.05, 3.63) is 77.9 Å². The number of nitrogens with one attached hydrogen (secondary N) is 1. The first-order valence-corrected chi connectivity index (χ1v) is 10.1. The lowest BCUT2D eigenvalue weighted by Gasteiger charge is -2.21. The van der Waals surface area contributed by atoms with Crippen molar-refractivity contribution in [3.8, 4) is 5.75 Å². The Hall–Kier alpha value is -2.85. The molecule has 2 N–H and O–H groups in total. The first kappa shape index (κ1) is 20.9. The van der Waals surface area contributed by atoms with Gasteiger partial charge in [0.05, 0.1) is 0 Å². The smallest absolute Gasteiger partial charge is 0.347 e. The van der Waals surface area contributed by atoms with E-state index in [-0.39, 0.29) is 6.04 Å². The van der Waals surface area contributed by atoms with Gasteiger partial charge in [-0.05, 0) is 74.2 Å². The van der Waals surface area contributed by atoms with Crippen LogP contribution in [0.1, 0.15) is 44.4 Å². The van der Waals surface area contributed by atoms with E-state index in [1.807, 2.05) is 24.3 Å². The van der Waals surface area contributed by atoms with Gasteiger partial charge in [-0.25, -0.2) is 4.79 Å². The summed E-state index contributed by atoms with van der Waals surface area (Å²) in [5.41, 5.74) is 1.30. The maximum absolute atomic E-state index is 11.2. The average Bonchev–Trinajstić information content (AvgIpc) is 2.71. The van der Waals surface area contributed by atoms with Crippen molar-refractivity contribution in [2.75, 3.05) is 6.54 Å². The molecule has 4 nitrogen and oxygen atoms in total. The predicted molar refractivity (Wildman–Crippen MR) is 117 cm³/mol. The number of carbonyl (C=O) groups is 1. The summed E-state index contributed by atoms with van der Waals surface area (Å²) in [6.45, 7) is 6.23. The molecular weight excluding hydrogens is 362 g/mol. The lowest BCUT2D eigenvalue weighted by Crippen LogP contribution is -2.37. The van der Waals surface area contributed by atoms with Crippen LogP contribution in [0.3, 0.4) is 0 Å². The molecule has 1 atom stereocenters. The number of hydrogen-bond acceptors (Lipinski definition) is 3. The molecule has 0 amide bonds. The number of benzene rings is 3. The number of aryl methyl sites for hydroxylation is 1. The van der Waals surface area contributed by atoms with Gasteiger partial charge in [-0.2, -0.15) is 0 Å². The molecule has 0 saturated heterocycles. The molecule has 0 spiro atoms. The molecule has 0 saturated carbocycles. The van der Waals surface area contributed by atoms with E-state index in [9.17, 15) is 4.79 Å². The van der Waals surface area contributed by atoms with Gasteiger partial charge >= 0.3 is 5.97 Å². The highest BCUT2D eigenvalue weighted by molar-refractivity contribution is 5.86. The third-order valence-electron chi connectivity index (χ3n) is 5.19. The monoisotopic (exact) mass is 391 g/mol. The summed E-state index contributed by atoms with van der Waals surface area (Å²) < 4.78 is 5.55. The molecule has 3 rings (SSSR count). The number of carboxylic acid groups (broad SMARTS) is 1. The Morgan fingerprint density at radius 1 is 1.03 bits per heavy atom. The zero-order valence-electron chi connectivity index (χ0n) is 17.3. The van der Waals surface area contributed by atoms with Gasteiger partial charge in [-0.3, -0.25) is 0 Å². The van der Waals surface area contributed by atoms with Crippen molar-refractivity contribution in [2.45, 2.75) is 45.3 Å². The van der Waals surface area contributed by atoms with Crippen LogP contribution in [0.2, 0.25) is 0 Å². The highest BCUT2D eigenvalue weighted by atomic mass is 16.5. The Bertz CT molecular complexity index is 958. The molecule has 0 unspecified atom stereocenters. The average molecular weight is 392 g/mol. The van der Waals surface area contributed by atoms with Crippen molar-refractivity contribution >= 4 is 16.7 Å². The van der Waals surface area contributed by atoms with Crippen molar-refractivity contribution in [3.63, 3.8) is 0 Å². The van der Waals surface area contributed by atoms with Crippen LogP contribution < -0.4 is 10.1 Å². The van der Waals surface area contributed by atoms with Gasteiger partial charge < -0.3 is 15.2 Å². The van der Waals surface area contributed by atoms with Gasteiger partial charge in [-0.1, -0.05) is 54.6 Å². The Labute approximate surface area is 172 Å². The van der Waals surface area contributed by atoms with E-state index in [2.05, 4.69) is 54.7 Å². The van der Waals surface area contributed by atoms with Gasteiger partial charge in [0.15, 0.2) is 5.60 Å². The Morgan fingerprint density at radius 3 is 2.45 bits per heavy atom. The summed E-state index contributed by atoms with van der Waals surface area (Å²) in [5, 5.41) is 15.4. The molecule has 3 aromatic rings. The van der Waals surface area contributed by atoms with E-state index in [4.69, 9.17) is 9.84 Å². The summed E-state index contributed by atoms with van der Waals surface area (Å²) >= 11 is 0. The van der Waals surface area contributed by atoms with Crippen LogP contribution in [-0.2, 0) is 11.2 Å². The number of fused-ring (bicyclic) bond motifs is 1. The predicted octanol–water partition coefficient (Wildman–Crippen LogP) is 5.37. The van der Waals surface area contributed by atoms with Crippen molar-refractivity contribution in [1.29, 1.82) is 0 Å². The van der Waals surface area contributed by atoms with Crippen LogP contribution in [-0.4, -0.2) is 23.2 Å². The molecule has 0 aromatic heterocycles. The Kier molecular flexibility index (Phi) is 6.55. The van der Waals surface area contributed by atoms with Crippen LogP contribution in [0, 0.1) is 0 Å². The van der Waals surface area contributed by atoms with E-state index in [1.165, 1.54) is 21.9 Å². The first-order chi connectivity index (χ1) is 13.9. The highest BCUT2D eigenvalue weighted by Gasteiger charge is 2.29. The summed E-state index contributed by atoms with van der Waals surface area (Å²) in [6, 6.07) is 22.9. The lowest BCUT2D eigenvalue weighted by molar-refractivity contribution is -0.152. The second-order valence-corrected chi connectivity index (χ2v) is 7.91. The van der Waals surface area contributed by atoms with Crippen LogP contribution in [0.15, 0.2) is 66.7 Å². The van der Waals surface area contributed by atoms with Crippen LogP contribution in [0.25, 0.3) is 10.8 Å². The largest absolute Gasteiger partial charge is 0.478 e. The highest BCUT2D eigenvalue weighted by Crippen LogP contribution is 2.24. The maximum Gasteiger partial charge on any atom is 0.347 e. The van der Waals surface area contributed by atoms with E-state index >= 15 is 0 Å².